The minimum Gasteiger partial charge on any atom is -0.359 e. The minimum absolute atomic E-state index is 0.484. The summed E-state index contributed by atoms with van der Waals surface area (Å²) in [7, 11) is 0. The zero-order valence-corrected chi connectivity index (χ0v) is 11.2. The summed E-state index contributed by atoms with van der Waals surface area (Å²) in [5.74, 6) is 0.488. The summed E-state index contributed by atoms with van der Waals surface area (Å²) >= 11 is 6.74. The third-order valence-electron chi connectivity index (χ3n) is 2.06. The molecule has 92 valence electrons. The minimum atomic E-state index is 0.484. The average molecular weight is 276 g/mol. The lowest BCUT2D eigenvalue weighted by atomic mass is 10.3. The molecule has 4 nitrogen and oxygen atoms in total. The number of rotatable bonds is 4. The Kier molecular flexibility index (Phi) is 4.38. The van der Waals surface area contributed by atoms with Crippen LogP contribution in [0, 0.1) is 0 Å². The quantitative estimate of drug-likeness (QED) is 0.664. The Balaban J connectivity index is 2.08. The Bertz CT molecular complexity index is 537. The van der Waals surface area contributed by atoms with E-state index in [1.807, 2.05) is 23.6 Å². The van der Waals surface area contributed by atoms with Crippen LogP contribution in [0.1, 0.15) is 0 Å². The molecule has 0 aromatic carbocycles. The van der Waals surface area contributed by atoms with Gasteiger partial charge < -0.3 is 10.6 Å². The highest BCUT2D eigenvalue weighted by Crippen LogP contribution is 2.22. The van der Waals surface area contributed by atoms with Crippen molar-refractivity contribution in [3.8, 4) is 10.6 Å². The molecule has 2 aromatic rings. The first-order chi connectivity index (χ1) is 8.79. The molecule has 0 spiro atoms. The summed E-state index contributed by atoms with van der Waals surface area (Å²) in [4.78, 5) is 9.63. The van der Waals surface area contributed by atoms with Gasteiger partial charge in [0.15, 0.2) is 5.11 Å². The molecule has 2 aromatic heterocycles. The summed E-state index contributed by atoms with van der Waals surface area (Å²) in [6.45, 7) is 4.22. The molecule has 6 heteroatoms. The molecular formula is C12H12N4S2. The van der Waals surface area contributed by atoms with Crippen LogP contribution >= 0.6 is 23.6 Å². The second kappa shape index (κ2) is 6.23. The predicted molar refractivity (Wildman–Crippen MR) is 79.8 cm³/mol. The molecule has 0 radical (unpaired) electrons. The molecule has 2 N–H and O–H groups in total. The van der Waals surface area contributed by atoms with Gasteiger partial charge in [-0.15, -0.1) is 17.9 Å². The molecule has 0 unspecified atom stereocenters. The highest BCUT2D eigenvalue weighted by Gasteiger charge is 2.04. The van der Waals surface area contributed by atoms with Gasteiger partial charge in [0.25, 0.3) is 0 Å². The average Bonchev–Trinajstić information content (AvgIpc) is 2.90. The number of hydrogen-bond acceptors (Lipinski definition) is 4. The number of anilines is 1. The number of nitrogens with one attached hydrogen (secondary N) is 2. The van der Waals surface area contributed by atoms with Crippen molar-refractivity contribution in [1.29, 1.82) is 0 Å². The van der Waals surface area contributed by atoms with E-state index < -0.39 is 0 Å². The van der Waals surface area contributed by atoms with E-state index in [4.69, 9.17) is 12.2 Å². The molecule has 0 aliphatic rings. The van der Waals surface area contributed by atoms with Gasteiger partial charge in [-0.3, -0.25) is 0 Å². The van der Waals surface area contributed by atoms with Gasteiger partial charge in [0.05, 0.1) is 10.6 Å². The van der Waals surface area contributed by atoms with Crippen LogP contribution in [0.15, 0.2) is 42.4 Å². The van der Waals surface area contributed by atoms with Crippen LogP contribution in [0.4, 0.5) is 5.95 Å². The fraction of sp³-hybridized carbons (Fsp3) is 0.0833. The topological polar surface area (TPSA) is 49.8 Å². The Morgan fingerprint density at radius 2 is 2.39 bits per heavy atom. The van der Waals surface area contributed by atoms with Crippen LogP contribution < -0.4 is 10.6 Å². The first-order valence-corrected chi connectivity index (χ1v) is 6.61. The van der Waals surface area contributed by atoms with Crippen molar-refractivity contribution in [1.82, 2.24) is 15.3 Å². The molecular weight excluding hydrogens is 264 g/mol. The van der Waals surface area contributed by atoms with Gasteiger partial charge in [0.2, 0.25) is 5.95 Å². The summed E-state index contributed by atoms with van der Waals surface area (Å²) in [5.41, 5.74) is 0.883. The molecule has 0 aliphatic heterocycles. The molecule has 0 saturated carbocycles. The van der Waals surface area contributed by atoms with E-state index in [2.05, 4.69) is 27.2 Å². The maximum Gasteiger partial charge on any atom is 0.229 e. The van der Waals surface area contributed by atoms with Gasteiger partial charge in [-0.25, -0.2) is 9.97 Å². The van der Waals surface area contributed by atoms with E-state index in [-0.39, 0.29) is 0 Å². The fourth-order valence-electron chi connectivity index (χ4n) is 1.29. The molecule has 18 heavy (non-hydrogen) atoms. The van der Waals surface area contributed by atoms with Crippen LogP contribution in [0.3, 0.4) is 0 Å². The van der Waals surface area contributed by atoms with Gasteiger partial charge >= 0.3 is 0 Å². The van der Waals surface area contributed by atoms with Gasteiger partial charge in [-0.1, -0.05) is 12.1 Å². The normalized spacial score (nSPS) is 9.78. The highest BCUT2D eigenvalue weighted by molar-refractivity contribution is 7.80. The maximum atomic E-state index is 5.10. The molecule has 0 fully saturated rings. The Morgan fingerprint density at radius 1 is 1.50 bits per heavy atom. The number of nitrogens with zero attached hydrogens (tertiary/aromatic N) is 2. The van der Waals surface area contributed by atoms with E-state index in [9.17, 15) is 0 Å². The largest absolute Gasteiger partial charge is 0.359 e. The van der Waals surface area contributed by atoms with Crippen molar-refractivity contribution in [3.63, 3.8) is 0 Å². The third-order valence-corrected chi connectivity index (χ3v) is 3.20. The summed E-state index contributed by atoms with van der Waals surface area (Å²) < 4.78 is 0. The molecule has 0 bridgehead atoms. The predicted octanol–water partition coefficient (Wildman–Crippen LogP) is 2.68. The van der Waals surface area contributed by atoms with Crippen molar-refractivity contribution in [2.45, 2.75) is 0 Å². The summed E-state index contributed by atoms with van der Waals surface area (Å²) in [5, 5.41) is 8.39. The molecule has 0 saturated heterocycles. The lowest BCUT2D eigenvalue weighted by molar-refractivity contribution is 1.05. The number of hydrogen-bond donors (Lipinski definition) is 2. The van der Waals surface area contributed by atoms with E-state index in [1.54, 1.807) is 23.6 Å². The first-order valence-electron chi connectivity index (χ1n) is 5.32. The van der Waals surface area contributed by atoms with Crippen LogP contribution in [0.25, 0.3) is 10.6 Å². The third kappa shape index (κ3) is 3.35. The Hall–Kier alpha value is -1.79. The van der Waals surface area contributed by atoms with Crippen LogP contribution in [-0.4, -0.2) is 21.6 Å². The molecule has 0 amide bonds. The van der Waals surface area contributed by atoms with Crippen molar-refractivity contribution in [3.05, 3.63) is 42.4 Å². The molecule has 2 rings (SSSR count). The second-order valence-electron chi connectivity index (χ2n) is 3.37. The van der Waals surface area contributed by atoms with E-state index in [0.29, 0.717) is 17.6 Å². The lowest BCUT2D eigenvalue weighted by Crippen LogP contribution is -2.29. The van der Waals surface area contributed by atoms with Gasteiger partial charge in [0, 0.05) is 12.7 Å². The molecule has 2 heterocycles. The fourth-order valence-corrected chi connectivity index (χ4v) is 2.16. The summed E-state index contributed by atoms with van der Waals surface area (Å²) in [6, 6.07) is 5.88. The molecule has 0 aliphatic carbocycles. The van der Waals surface area contributed by atoms with Crippen LogP contribution in [0.5, 0.6) is 0 Å². The zero-order valence-electron chi connectivity index (χ0n) is 9.59. The number of thiophene rings is 1. The van der Waals surface area contributed by atoms with Crippen molar-refractivity contribution < 1.29 is 0 Å². The van der Waals surface area contributed by atoms with E-state index >= 15 is 0 Å². The maximum absolute atomic E-state index is 5.10. The number of thiocarbonyl (C=S) groups is 1. The van der Waals surface area contributed by atoms with Crippen LogP contribution in [-0.2, 0) is 0 Å². The Morgan fingerprint density at radius 3 is 3.11 bits per heavy atom. The standard InChI is InChI=1S/C12H12N4S2/c1-2-6-14-12(17)16-11-13-7-5-9(15-11)10-4-3-8-18-10/h2-5,7-8H,1,6H2,(H2,13,14,15,16,17). The van der Waals surface area contributed by atoms with Gasteiger partial charge in [0.1, 0.15) is 0 Å². The van der Waals surface area contributed by atoms with Crippen molar-refractivity contribution >= 4 is 34.6 Å². The van der Waals surface area contributed by atoms with Gasteiger partial charge in [-0.2, -0.15) is 0 Å². The lowest BCUT2D eigenvalue weighted by Gasteiger charge is -2.07. The summed E-state index contributed by atoms with van der Waals surface area (Å²) in [6.07, 6.45) is 3.44. The van der Waals surface area contributed by atoms with Gasteiger partial charge in [-0.05, 0) is 29.7 Å². The molecule has 0 atom stereocenters. The zero-order chi connectivity index (χ0) is 12.8. The van der Waals surface area contributed by atoms with Crippen molar-refractivity contribution in [2.75, 3.05) is 11.9 Å². The first kappa shape index (κ1) is 12.7. The van der Waals surface area contributed by atoms with E-state index in [0.717, 1.165) is 10.6 Å². The van der Waals surface area contributed by atoms with E-state index in [1.165, 1.54) is 0 Å². The monoisotopic (exact) mass is 276 g/mol. The van der Waals surface area contributed by atoms with Crippen molar-refractivity contribution in [2.24, 2.45) is 0 Å². The second-order valence-corrected chi connectivity index (χ2v) is 4.72. The van der Waals surface area contributed by atoms with Crippen LogP contribution in [0.2, 0.25) is 0 Å². The Labute approximate surface area is 115 Å². The highest BCUT2D eigenvalue weighted by atomic mass is 32.1. The smallest absolute Gasteiger partial charge is 0.229 e. The number of aromatic nitrogens is 2. The SMILES string of the molecule is C=CCNC(=S)Nc1nccc(-c2cccs2)n1.